The molecule has 1 aliphatic heterocycles. The summed E-state index contributed by atoms with van der Waals surface area (Å²) in [6, 6.07) is 10.2. The molecule has 1 saturated heterocycles. The number of carbonyl (C=O) groups excluding carboxylic acids is 1. The van der Waals surface area contributed by atoms with Crippen molar-refractivity contribution in [2.24, 2.45) is 10.9 Å². The van der Waals surface area contributed by atoms with Crippen LogP contribution in [0.4, 0.5) is 0 Å². The molecule has 0 aromatic heterocycles. The third kappa shape index (κ3) is 7.83. The van der Waals surface area contributed by atoms with Crippen LogP contribution in [0.25, 0.3) is 0 Å². The summed E-state index contributed by atoms with van der Waals surface area (Å²) >= 11 is 1.95. The highest BCUT2D eigenvalue weighted by Crippen LogP contribution is 2.27. The molecule has 2 N–H and O–H groups in total. The van der Waals surface area contributed by atoms with Crippen LogP contribution in [0.3, 0.4) is 0 Å². The molecule has 1 amide bonds. The van der Waals surface area contributed by atoms with Gasteiger partial charge >= 0.3 is 0 Å². The minimum absolute atomic E-state index is 0. The number of thioether (sulfide) groups is 1. The number of carbonyl (C=O) groups is 1. The second-order valence-electron chi connectivity index (χ2n) is 7.83. The van der Waals surface area contributed by atoms with Crippen LogP contribution in [0.5, 0.6) is 5.75 Å². The van der Waals surface area contributed by atoms with E-state index in [2.05, 4.69) is 20.5 Å². The van der Waals surface area contributed by atoms with Gasteiger partial charge in [0.1, 0.15) is 11.9 Å². The van der Waals surface area contributed by atoms with Crippen LogP contribution in [0.15, 0.2) is 35.3 Å². The smallest absolute Gasteiger partial charge is 0.225 e. The van der Waals surface area contributed by atoms with E-state index in [4.69, 9.17) is 4.74 Å². The lowest BCUT2D eigenvalue weighted by atomic mass is 9.85. The van der Waals surface area contributed by atoms with Crippen molar-refractivity contribution in [1.29, 1.82) is 0 Å². The molecule has 30 heavy (non-hydrogen) atoms. The largest absolute Gasteiger partial charge is 0.489 e. The van der Waals surface area contributed by atoms with Crippen LogP contribution in [0, 0.1) is 5.92 Å². The predicted octanol–water partition coefficient (Wildman–Crippen LogP) is 3.37. The quantitative estimate of drug-likeness (QED) is 0.326. The van der Waals surface area contributed by atoms with E-state index >= 15 is 0 Å². The Morgan fingerprint density at radius 3 is 2.50 bits per heavy atom. The molecule has 0 bridgehead atoms. The molecule has 168 valence electrons. The number of rotatable bonds is 6. The maximum absolute atomic E-state index is 12.7. The number of para-hydroxylation sites is 1. The molecule has 2 fully saturated rings. The summed E-state index contributed by atoms with van der Waals surface area (Å²) < 4.78 is 5.91. The summed E-state index contributed by atoms with van der Waals surface area (Å²) in [6.45, 7) is 4.56. The monoisotopic (exact) mass is 546 g/mol. The Balaban J connectivity index is 0.00000320. The lowest BCUT2D eigenvalue weighted by Gasteiger charge is -2.34. The number of nitrogens with one attached hydrogen (secondary N) is 2. The fourth-order valence-corrected chi connectivity index (χ4v) is 4.83. The first-order valence-electron chi connectivity index (χ1n) is 10.7. The van der Waals surface area contributed by atoms with E-state index in [9.17, 15) is 4.79 Å². The second-order valence-corrected chi connectivity index (χ2v) is 9.05. The third-order valence-corrected chi connectivity index (χ3v) is 6.54. The van der Waals surface area contributed by atoms with Crippen molar-refractivity contribution in [3.63, 3.8) is 0 Å². The van der Waals surface area contributed by atoms with Gasteiger partial charge in [-0.3, -0.25) is 9.79 Å². The Morgan fingerprint density at radius 1 is 1.20 bits per heavy atom. The fraction of sp³-hybridized carbons (Fsp3) is 0.636. The van der Waals surface area contributed by atoms with Crippen LogP contribution in [0.1, 0.15) is 32.6 Å². The number of benzene rings is 1. The van der Waals surface area contributed by atoms with Gasteiger partial charge in [-0.15, -0.1) is 24.0 Å². The van der Waals surface area contributed by atoms with Gasteiger partial charge in [-0.05, 0) is 44.7 Å². The zero-order valence-electron chi connectivity index (χ0n) is 18.0. The van der Waals surface area contributed by atoms with Crippen molar-refractivity contribution >= 4 is 47.6 Å². The molecule has 3 rings (SSSR count). The molecule has 1 unspecified atom stereocenters. The van der Waals surface area contributed by atoms with Crippen LogP contribution in [-0.2, 0) is 4.79 Å². The fourth-order valence-electron chi connectivity index (χ4n) is 3.93. The molecular formula is C22H35IN4O2S. The lowest BCUT2D eigenvalue weighted by Crippen LogP contribution is -2.48. The van der Waals surface area contributed by atoms with Crippen LogP contribution >= 0.6 is 35.7 Å². The molecule has 0 radical (unpaired) electrons. The molecule has 6 nitrogen and oxygen atoms in total. The summed E-state index contributed by atoms with van der Waals surface area (Å²) in [5.41, 5.74) is 0. The van der Waals surface area contributed by atoms with Gasteiger partial charge in [-0.1, -0.05) is 18.2 Å². The van der Waals surface area contributed by atoms with Gasteiger partial charge in [0.2, 0.25) is 5.91 Å². The Labute approximate surface area is 202 Å². The van der Waals surface area contributed by atoms with E-state index in [1.54, 1.807) is 7.05 Å². The van der Waals surface area contributed by atoms with E-state index < -0.39 is 0 Å². The molecule has 0 spiro atoms. The van der Waals surface area contributed by atoms with Crippen molar-refractivity contribution < 1.29 is 9.53 Å². The number of amides is 1. The van der Waals surface area contributed by atoms with Crippen molar-refractivity contribution in [3.05, 3.63) is 30.3 Å². The molecule has 1 aromatic carbocycles. The maximum atomic E-state index is 12.7. The van der Waals surface area contributed by atoms with E-state index in [1.807, 2.05) is 49.0 Å². The second kappa shape index (κ2) is 13.3. The van der Waals surface area contributed by atoms with E-state index in [0.29, 0.717) is 18.5 Å². The SMILES string of the molecule is CN=C(NCC(C)Oc1ccccc1)NC1CCC(C(=O)N2CCSCC2)CC1.I. The minimum Gasteiger partial charge on any atom is -0.489 e. The summed E-state index contributed by atoms with van der Waals surface area (Å²) in [5, 5.41) is 6.88. The molecule has 8 heteroatoms. The minimum atomic E-state index is 0. The number of nitrogens with zero attached hydrogens (tertiary/aromatic N) is 2. The van der Waals surface area contributed by atoms with Crippen molar-refractivity contribution in [2.75, 3.05) is 38.2 Å². The number of hydrogen-bond donors (Lipinski definition) is 2. The van der Waals surface area contributed by atoms with Gasteiger partial charge in [0.15, 0.2) is 5.96 Å². The van der Waals surface area contributed by atoms with Crippen LogP contribution in [-0.4, -0.2) is 67.1 Å². The van der Waals surface area contributed by atoms with Crippen molar-refractivity contribution in [2.45, 2.75) is 44.8 Å². The van der Waals surface area contributed by atoms with E-state index in [-0.39, 0.29) is 36.0 Å². The molecule has 1 saturated carbocycles. The zero-order chi connectivity index (χ0) is 20.5. The number of guanidine groups is 1. The molecule has 1 aliphatic carbocycles. The molecule has 2 aliphatic rings. The number of hydrogen-bond acceptors (Lipinski definition) is 4. The van der Waals surface area contributed by atoms with Gasteiger partial charge in [0.25, 0.3) is 0 Å². The molecule has 1 aromatic rings. The van der Waals surface area contributed by atoms with Gasteiger partial charge in [0.05, 0.1) is 6.54 Å². The zero-order valence-corrected chi connectivity index (χ0v) is 21.2. The summed E-state index contributed by atoms with van der Waals surface area (Å²) in [7, 11) is 1.79. The summed E-state index contributed by atoms with van der Waals surface area (Å²) in [5.74, 6) is 4.41. The maximum Gasteiger partial charge on any atom is 0.225 e. The molecule has 1 atom stereocenters. The van der Waals surface area contributed by atoms with Crippen LogP contribution in [0.2, 0.25) is 0 Å². The highest BCUT2D eigenvalue weighted by molar-refractivity contribution is 14.0. The first-order chi connectivity index (χ1) is 14.2. The van der Waals surface area contributed by atoms with Gasteiger partial charge in [-0.25, -0.2) is 0 Å². The Morgan fingerprint density at radius 2 is 1.87 bits per heavy atom. The summed E-state index contributed by atoms with van der Waals surface area (Å²) in [6.07, 6.45) is 3.98. The first kappa shape index (κ1) is 25.1. The number of aliphatic imine (C=N–C) groups is 1. The van der Waals surface area contributed by atoms with Crippen LogP contribution < -0.4 is 15.4 Å². The molecule has 1 heterocycles. The van der Waals surface area contributed by atoms with Crippen molar-refractivity contribution in [1.82, 2.24) is 15.5 Å². The highest BCUT2D eigenvalue weighted by atomic mass is 127. The predicted molar refractivity (Wildman–Crippen MR) is 136 cm³/mol. The Bertz CT molecular complexity index is 662. The third-order valence-electron chi connectivity index (χ3n) is 5.60. The number of ether oxygens (including phenoxy) is 1. The van der Waals surface area contributed by atoms with Gasteiger partial charge < -0.3 is 20.3 Å². The Hall–Kier alpha value is -1.16. The van der Waals surface area contributed by atoms with Gasteiger partial charge in [-0.2, -0.15) is 11.8 Å². The summed E-state index contributed by atoms with van der Waals surface area (Å²) in [4.78, 5) is 19.1. The lowest BCUT2D eigenvalue weighted by molar-refractivity contribution is -0.136. The Kier molecular flexibility index (Phi) is 11.1. The van der Waals surface area contributed by atoms with Crippen molar-refractivity contribution in [3.8, 4) is 5.75 Å². The number of halogens is 1. The average Bonchev–Trinajstić information content (AvgIpc) is 2.78. The van der Waals surface area contributed by atoms with Gasteiger partial charge in [0, 0.05) is 43.6 Å². The normalized spacial score (nSPS) is 23.1. The van der Waals surface area contributed by atoms with E-state index in [1.165, 1.54) is 0 Å². The highest BCUT2D eigenvalue weighted by Gasteiger charge is 2.30. The average molecular weight is 547 g/mol. The first-order valence-corrected chi connectivity index (χ1v) is 11.9. The molecular weight excluding hydrogens is 511 g/mol. The topological polar surface area (TPSA) is 66.0 Å². The standard InChI is InChI=1S/C22H34N4O2S.HI/c1-17(28-20-6-4-3-5-7-20)16-24-22(23-2)25-19-10-8-18(9-11-19)21(27)26-12-14-29-15-13-26;/h3-7,17-19H,8-16H2,1-2H3,(H2,23,24,25);1H. The van der Waals surface area contributed by atoms with E-state index in [0.717, 1.165) is 62.0 Å².